The van der Waals surface area contributed by atoms with E-state index in [4.69, 9.17) is 4.74 Å². The number of carbonyl (C=O) groups excluding carboxylic acids is 1. The third kappa shape index (κ3) is 3.42. The Balaban J connectivity index is 1.93. The van der Waals surface area contributed by atoms with Crippen LogP contribution in [-0.2, 0) is 38.0 Å². The molecule has 3 aromatic rings. The van der Waals surface area contributed by atoms with Crippen molar-refractivity contribution in [1.82, 2.24) is 19.5 Å². The lowest BCUT2D eigenvalue weighted by Crippen LogP contribution is -2.23. The number of carbonyl (C=O) groups is 1. The van der Waals surface area contributed by atoms with Gasteiger partial charge in [0, 0.05) is 19.4 Å². The molecular formula is C20H19F3N4O4S. The maximum atomic E-state index is 13.1. The molecule has 4 rings (SSSR count). The molecule has 0 aliphatic heterocycles. The standard InChI is InChI=1S/C20H19F3N4O4S/c1-4-32(29,30)14-8-11(19(5-6-19)18(28)31-3)9-24-15(14)17-26-13-7-12(20(21,22)23)10-25-16(13)27(17)2/h7-10H,4-6H2,1-3H3. The van der Waals surface area contributed by atoms with Crippen LogP contribution in [0.3, 0.4) is 0 Å². The lowest BCUT2D eigenvalue weighted by Gasteiger charge is -2.16. The van der Waals surface area contributed by atoms with E-state index in [1.807, 2.05) is 0 Å². The zero-order chi connectivity index (χ0) is 23.5. The largest absolute Gasteiger partial charge is 0.468 e. The summed E-state index contributed by atoms with van der Waals surface area (Å²) in [6.45, 7) is 1.46. The van der Waals surface area contributed by atoms with E-state index in [2.05, 4.69) is 15.0 Å². The van der Waals surface area contributed by atoms with Gasteiger partial charge in [-0.05, 0) is 30.5 Å². The number of esters is 1. The molecule has 0 atom stereocenters. The summed E-state index contributed by atoms with van der Waals surface area (Å²) >= 11 is 0. The number of halogens is 3. The SMILES string of the molecule is CCS(=O)(=O)c1cc(C2(C(=O)OC)CC2)cnc1-c1nc2cc(C(F)(F)F)cnc2n1C. The number of ether oxygens (including phenoxy) is 1. The summed E-state index contributed by atoms with van der Waals surface area (Å²) in [5.41, 5.74) is -1.41. The van der Waals surface area contributed by atoms with Gasteiger partial charge in [-0.2, -0.15) is 13.2 Å². The minimum absolute atomic E-state index is 0.0228. The second-order valence-electron chi connectivity index (χ2n) is 7.61. The van der Waals surface area contributed by atoms with Crippen LogP contribution in [-0.4, -0.2) is 46.8 Å². The summed E-state index contributed by atoms with van der Waals surface area (Å²) in [4.78, 5) is 24.4. The molecule has 32 heavy (non-hydrogen) atoms. The van der Waals surface area contributed by atoms with Gasteiger partial charge in [-0.1, -0.05) is 6.92 Å². The quantitative estimate of drug-likeness (QED) is 0.530. The van der Waals surface area contributed by atoms with Crippen molar-refractivity contribution in [3.63, 3.8) is 0 Å². The Morgan fingerprint density at radius 2 is 1.91 bits per heavy atom. The molecule has 0 aromatic carbocycles. The molecule has 170 valence electrons. The van der Waals surface area contributed by atoms with Crippen LogP contribution in [0.25, 0.3) is 22.7 Å². The first kappa shape index (κ1) is 22.2. The fraction of sp³-hybridized carbons (Fsp3) is 0.400. The Morgan fingerprint density at radius 3 is 2.47 bits per heavy atom. The number of pyridine rings is 2. The number of imidazole rings is 1. The van der Waals surface area contributed by atoms with Crippen LogP contribution in [0.4, 0.5) is 13.2 Å². The molecule has 0 spiro atoms. The Labute approximate surface area is 181 Å². The normalized spacial score (nSPS) is 15.7. The summed E-state index contributed by atoms with van der Waals surface area (Å²) in [5, 5.41) is 0. The molecule has 1 saturated carbocycles. The maximum Gasteiger partial charge on any atom is 0.417 e. The highest BCUT2D eigenvalue weighted by Gasteiger charge is 2.53. The zero-order valence-corrected chi connectivity index (χ0v) is 18.2. The number of aryl methyl sites for hydroxylation is 1. The average molecular weight is 468 g/mol. The number of hydrogen-bond acceptors (Lipinski definition) is 7. The molecule has 0 bridgehead atoms. The summed E-state index contributed by atoms with van der Waals surface area (Å²) in [7, 11) is -1.05. The molecule has 1 aliphatic carbocycles. The fourth-order valence-corrected chi connectivity index (χ4v) is 4.70. The molecule has 3 aromatic heterocycles. The van der Waals surface area contributed by atoms with Crippen molar-refractivity contribution in [3.05, 3.63) is 35.7 Å². The van der Waals surface area contributed by atoms with Gasteiger partial charge in [0.25, 0.3) is 0 Å². The minimum atomic E-state index is -4.60. The van der Waals surface area contributed by atoms with Crippen molar-refractivity contribution in [3.8, 4) is 11.5 Å². The Hall–Kier alpha value is -3.02. The van der Waals surface area contributed by atoms with Gasteiger partial charge in [0.05, 0.1) is 28.7 Å². The number of hydrogen-bond donors (Lipinski definition) is 0. The fourth-order valence-electron chi connectivity index (χ4n) is 3.64. The number of sulfone groups is 1. The third-order valence-electron chi connectivity index (χ3n) is 5.69. The molecule has 8 nitrogen and oxygen atoms in total. The molecule has 1 aliphatic rings. The van der Waals surface area contributed by atoms with E-state index < -0.39 is 33.0 Å². The molecule has 0 saturated heterocycles. The molecular weight excluding hydrogens is 449 g/mol. The lowest BCUT2D eigenvalue weighted by molar-refractivity contribution is -0.143. The average Bonchev–Trinajstić information content (AvgIpc) is 3.51. The number of alkyl halides is 3. The highest BCUT2D eigenvalue weighted by molar-refractivity contribution is 7.91. The smallest absolute Gasteiger partial charge is 0.417 e. The molecule has 1 fully saturated rings. The summed E-state index contributed by atoms with van der Waals surface area (Å²) in [6, 6.07) is 2.24. The number of aromatic nitrogens is 4. The van der Waals surface area contributed by atoms with Crippen LogP contribution in [0.15, 0.2) is 29.4 Å². The summed E-state index contributed by atoms with van der Waals surface area (Å²) in [5.74, 6) is -0.664. The molecule has 0 amide bonds. The van der Waals surface area contributed by atoms with Crippen molar-refractivity contribution in [1.29, 1.82) is 0 Å². The van der Waals surface area contributed by atoms with Crippen molar-refractivity contribution < 1.29 is 31.1 Å². The van der Waals surface area contributed by atoms with Gasteiger partial charge in [-0.3, -0.25) is 9.78 Å². The van der Waals surface area contributed by atoms with Crippen molar-refractivity contribution in [2.75, 3.05) is 12.9 Å². The molecule has 0 unspecified atom stereocenters. The van der Waals surface area contributed by atoms with Crippen molar-refractivity contribution in [2.45, 2.75) is 36.3 Å². The van der Waals surface area contributed by atoms with E-state index >= 15 is 0 Å². The van der Waals surface area contributed by atoms with E-state index in [0.29, 0.717) is 24.6 Å². The van der Waals surface area contributed by atoms with Gasteiger partial charge in [-0.25, -0.2) is 18.4 Å². The van der Waals surface area contributed by atoms with E-state index in [0.717, 1.165) is 6.07 Å². The molecule has 0 radical (unpaired) electrons. The number of nitrogens with zero attached hydrogens (tertiary/aromatic N) is 4. The highest BCUT2D eigenvalue weighted by Crippen LogP contribution is 2.50. The van der Waals surface area contributed by atoms with E-state index in [-0.39, 0.29) is 33.3 Å². The van der Waals surface area contributed by atoms with Crippen LogP contribution in [0.2, 0.25) is 0 Å². The predicted molar refractivity (Wildman–Crippen MR) is 107 cm³/mol. The summed E-state index contributed by atoms with van der Waals surface area (Å²) in [6.07, 6.45) is -1.50. The first-order valence-electron chi connectivity index (χ1n) is 9.66. The van der Waals surface area contributed by atoms with E-state index in [9.17, 15) is 26.4 Å². The molecule has 0 N–H and O–H groups in total. The number of methoxy groups -OCH3 is 1. The zero-order valence-electron chi connectivity index (χ0n) is 17.4. The van der Waals surface area contributed by atoms with Crippen molar-refractivity contribution >= 4 is 27.0 Å². The van der Waals surface area contributed by atoms with Gasteiger partial charge in [0.15, 0.2) is 21.3 Å². The topological polar surface area (TPSA) is 104 Å². The first-order chi connectivity index (χ1) is 14.9. The second kappa shape index (κ2) is 7.26. The van der Waals surface area contributed by atoms with E-state index in [1.54, 1.807) is 0 Å². The predicted octanol–water partition coefficient (Wildman–Crippen LogP) is 3.05. The monoisotopic (exact) mass is 468 g/mol. The van der Waals surface area contributed by atoms with E-state index in [1.165, 1.54) is 37.9 Å². The van der Waals surface area contributed by atoms with Crippen LogP contribution >= 0.6 is 0 Å². The second-order valence-corrected chi connectivity index (χ2v) is 9.85. The van der Waals surface area contributed by atoms with Gasteiger partial charge < -0.3 is 9.30 Å². The van der Waals surface area contributed by atoms with Crippen LogP contribution in [0.5, 0.6) is 0 Å². The third-order valence-corrected chi connectivity index (χ3v) is 7.44. The van der Waals surface area contributed by atoms with Gasteiger partial charge in [-0.15, -0.1) is 0 Å². The van der Waals surface area contributed by atoms with Gasteiger partial charge >= 0.3 is 12.1 Å². The minimum Gasteiger partial charge on any atom is -0.468 e. The lowest BCUT2D eigenvalue weighted by atomic mass is 9.97. The summed E-state index contributed by atoms with van der Waals surface area (Å²) < 4.78 is 71.2. The highest BCUT2D eigenvalue weighted by atomic mass is 32.2. The van der Waals surface area contributed by atoms with Crippen molar-refractivity contribution in [2.24, 2.45) is 7.05 Å². The Bertz CT molecular complexity index is 1340. The Morgan fingerprint density at radius 1 is 1.22 bits per heavy atom. The van der Waals surface area contributed by atoms with Gasteiger partial charge in [0.1, 0.15) is 11.2 Å². The maximum absolute atomic E-state index is 13.1. The number of fused-ring (bicyclic) bond motifs is 1. The molecule has 12 heteroatoms. The van der Waals surface area contributed by atoms with Crippen LogP contribution in [0.1, 0.15) is 30.9 Å². The van der Waals surface area contributed by atoms with Crippen LogP contribution < -0.4 is 0 Å². The molecule has 3 heterocycles. The Kier molecular flexibility index (Phi) is 5.03. The van der Waals surface area contributed by atoms with Crippen LogP contribution in [0, 0.1) is 0 Å². The number of rotatable bonds is 5. The first-order valence-corrected chi connectivity index (χ1v) is 11.3. The van der Waals surface area contributed by atoms with Gasteiger partial charge in [0.2, 0.25) is 0 Å².